The number of rotatable bonds is 18. The Balaban J connectivity index is 6.12. The van der Waals surface area contributed by atoms with Crippen LogP contribution in [-0.4, -0.2) is 71.9 Å². The number of carbonyl (C=O) groups is 3. The summed E-state index contributed by atoms with van der Waals surface area (Å²) in [6.45, 7) is 12.4. The van der Waals surface area contributed by atoms with Crippen molar-refractivity contribution in [2.45, 2.75) is 58.9 Å². The molecule has 0 amide bonds. The summed E-state index contributed by atoms with van der Waals surface area (Å²) in [7, 11) is -4.99. The Kier molecular flexibility index (Phi) is 15.2. The van der Waals surface area contributed by atoms with Crippen LogP contribution < -0.4 is 0 Å². The van der Waals surface area contributed by atoms with Crippen molar-refractivity contribution in [1.82, 2.24) is 0 Å². The number of phosphoric ester groups is 1. The first-order valence-corrected chi connectivity index (χ1v) is 11.8. The Morgan fingerprint density at radius 1 is 0.629 bits per heavy atom. The van der Waals surface area contributed by atoms with Gasteiger partial charge in [0.1, 0.15) is 0 Å². The summed E-state index contributed by atoms with van der Waals surface area (Å²) in [5.41, 5.74) is -0.138. The zero-order valence-electron chi connectivity index (χ0n) is 20.0. The minimum atomic E-state index is -4.99. The third-order valence-corrected chi connectivity index (χ3v) is 5.08. The van der Waals surface area contributed by atoms with E-state index in [0.717, 1.165) is 0 Å². The molecule has 0 saturated carbocycles. The number of hydrogen-bond acceptors (Lipinski definition) is 13. The van der Waals surface area contributed by atoms with Crippen LogP contribution in [0.15, 0.2) is 36.5 Å². The van der Waals surface area contributed by atoms with Gasteiger partial charge in [0.05, 0.1) is 0 Å². The summed E-state index contributed by atoms with van der Waals surface area (Å²) in [6, 6.07) is 0. The highest BCUT2D eigenvalue weighted by atomic mass is 31.2. The summed E-state index contributed by atoms with van der Waals surface area (Å²) in [5.74, 6) is -2.89. The van der Waals surface area contributed by atoms with E-state index in [1.807, 2.05) is 0 Å². The Morgan fingerprint density at radius 2 is 0.857 bits per heavy atom. The maximum absolute atomic E-state index is 13.6. The largest absolute Gasteiger partial charge is 0.484 e. The molecule has 0 aliphatic rings. The molecule has 0 heterocycles. The number of carbonyl (C=O) groups excluding carboxylic acids is 3. The van der Waals surface area contributed by atoms with Crippen LogP contribution >= 0.6 is 7.82 Å². The Morgan fingerprint density at radius 3 is 1.03 bits per heavy atom. The molecule has 0 aliphatic carbocycles. The van der Waals surface area contributed by atoms with Gasteiger partial charge in [-0.2, -0.15) is 0 Å². The van der Waals surface area contributed by atoms with Gasteiger partial charge in [0, 0.05) is 55.8 Å². The van der Waals surface area contributed by atoms with Gasteiger partial charge in [0.2, 0.25) is 18.9 Å². The van der Waals surface area contributed by atoms with Gasteiger partial charge in [-0.25, -0.2) is 32.5 Å². The molecule has 3 N–H and O–H groups in total. The number of ether oxygens (including phenoxy) is 3. The maximum Gasteiger partial charge on any atom is 0.484 e. The van der Waals surface area contributed by atoms with Crippen molar-refractivity contribution in [1.29, 1.82) is 0 Å². The van der Waals surface area contributed by atoms with Crippen LogP contribution in [0.2, 0.25) is 0 Å². The third kappa shape index (κ3) is 13.3. The predicted molar refractivity (Wildman–Crippen MR) is 120 cm³/mol. The Hall–Kier alpha value is -2.38. The summed E-state index contributed by atoms with van der Waals surface area (Å²) in [4.78, 5) is 35.8. The highest BCUT2D eigenvalue weighted by Gasteiger charge is 2.40. The monoisotopic (exact) mass is 524 g/mol. The van der Waals surface area contributed by atoms with Gasteiger partial charge in [0.25, 0.3) is 0 Å². The van der Waals surface area contributed by atoms with Gasteiger partial charge in [-0.05, 0) is 20.8 Å². The second-order valence-corrected chi connectivity index (χ2v) is 8.67. The molecule has 0 aromatic heterocycles. The van der Waals surface area contributed by atoms with Crippen LogP contribution in [0.1, 0.15) is 40.0 Å². The molecule has 0 radical (unpaired) electrons. The van der Waals surface area contributed by atoms with E-state index >= 15 is 0 Å². The molecule has 0 aromatic rings. The highest BCUT2D eigenvalue weighted by Crippen LogP contribution is 2.54. The van der Waals surface area contributed by atoms with E-state index in [0.29, 0.717) is 0 Å². The molecule has 0 spiro atoms. The van der Waals surface area contributed by atoms with E-state index < -0.39 is 83.7 Å². The minimum absolute atomic E-state index is 0.0460. The average Bonchev–Trinajstić information content (AvgIpc) is 2.73. The summed E-state index contributed by atoms with van der Waals surface area (Å²) in [6.07, 6.45) is -6.35. The van der Waals surface area contributed by atoms with E-state index in [4.69, 9.17) is 27.8 Å². The average molecular weight is 524 g/mol. The van der Waals surface area contributed by atoms with Crippen molar-refractivity contribution >= 4 is 25.7 Å². The van der Waals surface area contributed by atoms with Gasteiger partial charge in [-0.3, -0.25) is 0 Å². The van der Waals surface area contributed by atoms with Crippen LogP contribution in [-0.2, 0) is 46.7 Å². The van der Waals surface area contributed by atoms with E-state index in [-0.39, 0.29) is 16.7 Å². The molecule has 0 fully saturated rings. The third-order valence-electron chi connectivity index (χ3n) is 3.60. The SMILES string of the molecule is C=C(C)C(=O)OC(CCO)OP(=O)(OC(CCO)OC(=O)C(=C)C)OC(CCO)OC(=O)C(=C)C. The molecule has 0 aliphatic heterocycles. The fourth-order valence-corrected chi connectivity index (χ4v) is 3.34. The molecule has 0 rings (SSSR count). The van der Waals surface area contributed by atoms with Crippen LogP contribution in [0.5, 0.6) is 0 Å². The molecule has 200 valence electrons. The number of phosphoric acid groups is 1. The van der Waals surface area contributed by atoms with Gasteiger partial charge in [0.15, 0.2) is 0 Å². The fraction of sp³-hybridized carbons (Fsp3) is 0.571. The van der Waals surface area contributed by atoms with Crippen molar-refractivity contribution in [3.05, 3.63) is 36.5 Å². The summed E-state index contributed by atoms with van der Waals surface area (Å²) >= 11 is 0. The maximum atomic E-state index is 13.6. The van der Waals surface area contributed by atoms with E-state index in [9.17, 15) is 34.3 Å². The minimum Gasteiger partial charge on any atom is -0.432 e. The van der Waals surface area contributed by atoms with Crippen LogP contribution in [0.3, 0.4) is 0 Å². The Bertz CT molecular complexity index is 717. The lowest BCUT2D eigenvalue weighted by atomic mass is 10.3. The molecular formula is C21H33O13P. The van der Waals surface area contributed by atoms with Gasteiger partial charge in [-0.15, -0.1) is 0 Å². The molecule has 13 nitrogen and oxygen atoms in total. The lowest BCUT2D eigenvalue weighted by Crippen LogP contribution is -2.29. The molecule has 0 saturated heterocycles. The first kappa shape index (κ1) is 32.6. The summed E-state index contributed by atoms with van der Waals surface area (Å²) < 4.78 is 44.1. The molecule has 35 heavy (non-hydrogen) atoms. The number of aliphatic hydroxyl groups excluding tert-OH is 3. The zero-order valence-corrected chi connectivity index (χ0v) is 20.9. The van der Waals surface area contributed by atoms with E-state index in [2.05, 4.69) is 19.7 Å². The lowest BCUT2D eigenvalue weighted by Gasteiger charge is -2.29. The van der Waals surface area contributed by atoms with Gasteiger partial charge < -0.3 is 29.5 Å². The zero-order chi connectivity index (χ0) is 27.2. The topological polar surface area (TPSA) is 184 Å². The van der Waals surface area contributed by atoms with Crippen molar-refractivity contribution in [3.63, 3.8) is 0 Å². The summed E-state index contributed by atoms with van der Waals surface area (Å²) in [5, 5.41) is 27.9. The molecule has 0 aromatic carbocycles. The van der Waals surface area contributed by atoms with Gasteiger partial charge in [-0.1, -0.05) is 19.7 Å². The van der Waals surface area contributed by atoms with Gasteiger partial charge >= 0.3 is 25.7 Å². The van der Waals surface area contributed by atoms with E-state index in [1.165, 1.54) is 20.8 Å². The Labute approximate surface area is 203 Å². The fourth-order valence-electron chi connectivity index (χ4n) is 1.88. The van der Waals surface area contributed by atoms with E-state index in [1.54, 1.807) is 0 Å². The number of esters is 3. The first-order valence-electron chi connectivity index (χ1n) is 10.4. The normalized spacial score (nSPS) is 15.1. The van der Waals surface area contributed by atoms with Crippen LogP contribution in [0, 0.1) is 0 Å². The van der Waals surface area contributed by atoms with Crippen LogP contribution in [0.25, 0.3) is 0 Å². The molecule has 3 atom stereocenters. The number of hydrogen-bond donors (Lipinski definition) is 3. The predicted octanol–water partition coefficient (Wildman–Crippen LogP) is 1.63. The van der Waals surface area contributed by atoms with Crippen molar-refractivity contribution < 1.29 is 62.1 Å². The number of aliphatic hydroxyl groups is 3. The standard InChI is InChI=1S/C21H33O13P/c1-13(2)19(25)29-16(7-10-22)32-35(28,33-17(8-11-23)30-20(26)14(3)4)34-18(9-12-24)31-21(27)15(5)6/h16-18,22-24H,1,3,5,7-12H2,2,4,6H3. The smallest absolute Gasteiger partial charge is 0.432 e. The molecular weight excluding hydrogens is 491 g/mol. The van der Waals surface area contributed by atoms with Crippen molar-refractivity contribution in [2.24, 2.45) is 0 Å². The highest BCUT2D eigenvalue weighted by molar-refractivity contribution is 7.48. The second-order valence-electron chi connectivity index (χ2n) is 7.15. The second kappa shape index (κ2) is 16.3. The molecule has 0 bridgehead atoms. The molecule has 14 heteroatoms. The van der Waals surface area contributed by atoms with Crippen molar-refractivity contribution in [3.8, 4) is 0 Å². The lowest BCUT2D eigenvalue weighted by molar-refractivity contribution is -0.182. The van der Waals surface area contributed by atoms with Crippen molar-refractivity contribution in [2.75, 3.05) is 19.8 Å². The molecule has 3 unspecified atom stereocenters. The van der Waals surface area contributed by atoms with Crippen LogP contribution in [0.4, 0.5) is 0 Å². The first-order chi connectivity index (χ1) is 16.3. The quantitative estimate of drug-likeness (QED) is 0.0773.